The van der Waals surface area contributed by atoms with Crippen LogP contribution < -0.4 is 5.32 Å². The maximum absolute atomic E-state index is 10.9. The van der Waals surface area contributed by atoms with Crippen molar-refractivity contribution in [3.8, 4) is 0 Å². The number of ether oxygens (including phenoxy) is 1. The van der Waals surface area contributed by atoms with Crippen molar-refractivity contribution in [2.24, 2.45) is 5.41 Å². The second-order valence-corrected chi connectivity index (χ2v) is 7.25. The van der Waals surface area contributed by atoms with Crippen molar-refractivity contribution in [2.75, 3.05) is 20.2 Å². The fourth-order valence-electron chi connectivity index (χ4n) is 2.32. The highest BCUT2D eigenvalue weighted by Crippen LogP contribution is 2.12. The summed E-state index contributed by atoms with van der Waals surface area (Å²) < 4.78 is 4.62. The van der Waals surface area contributed by atoms with Gasteiger partial charge in [-0.1, -0.05) is 65.7 Å². The Bertz CT molecular complexity index is 246. The quantitative estimate of drug-likeness (QED) is 0.396. The number of hydrogen-bond donors (Lipinski definition) is 1. The van der Waals surface area contributed by atoms with Gasteiger partial charge in [0.2, 0.25) is 0 Å². The number of rotatable bonds is 13. The molecule has 1 N–H and O–H groups in total. The Kier molecular flexibility index (Phi) is 12.8. The van der Waals surface area contributed by atoms with Crippen LogP contribution in [0.2, 0.25) is 0 Å². The van der Waals surface area contributed by atoms with E-state index in [0.29, 0.717) is 11.8 Å². The molecule has 0 aliphatic rings. The van der Waals surface area contributed by atoms with Crippen LogP contribution in [-0.2, 0) is 9.53 Å². The molecule has 0 radical (unpaired) electrons. The summed E-state index contributed by atoms with van der Waals surface area (Å²) in [5.74, 6) is -0.0740. The van der Waals surface area contributed by atoms with Crippen molar-refractivity contribution in [3.05, 3.63) is 0 Å². The zero-order valence-corrected chi connectivity index (χ0v) is 14.8. The van der Waals surface area contributed by atoms with Gasteiger partial charge in [0.25, 0.3) is 0 Å². The van der Waals surface area contributed by atoms with E-state index >= 15 is 0 Å². The first kappa shape index (κ1) is 20.4. The molecule has 0 atom stereocenters. The summed E-state index contributed by atoms with van der Waals surface area (Å²) in [6, 6.07) is 0. The predicted molar refractivity (Wildman–Crippen MR) is 90.5 cm³/mol. The average Bonchev–Trinajstić information content (AvgIpc) is 2.42. The van der Waals surface area contributed by atoms with Crippen molar-refractivity contribution >= 4 is 5.97 Å². The number of methoxy groups -OCH3 is 1. The second-order valence-electron chi connectivity index (χ2n) is 7.25. The maximum atomic E-state index is 10.9. The maximum Gasteiger partial charge on any atom is 0.305 e. The molecule has 0 amide bonds. The Balaban J connectivity index is 3.08. The molecule has 126 valence electrons. The smallest absolute Gasteiger partial charge is 0.305 e. The highest BCUT2D eigenvalue weighted by Gasteiger charge is 2.07. The van der Waals surface area contributed by atoms with Crippen LogP contribution in [0.1, 0.15) is 85.0 Å². The highest BCUT2D eigenvalue weighted by atomic mass is 16.5. The van der Waals surface area contributed by atoms with Crippen molar-refractivity contribution < 1.29 is 9.53 Å². The summed E-state index contributed by atoms with van der Waals surface area (Å²) >= 11 is 0. The molecule has 0 aliphatic carbocycles. The third-order valence-electron chi connectivity index (χ3n) is 3.62. The lowest BCUT2D eigenvalue weighted by molar-refractivity contribution is -0.140. The van der Waals surface area contributed by atoms with Gasteiger partial charge >= 0.3 is 5.97 Å². The Hall–Kier alpha value is -0.570. The molecule has 0 aromatic carbocycles. The Labute approximate surface area is 132 Å². The molecule has 3 nitrogen and oxygen atoms in total. The summed E-state index contributed by atoms with van der Waals surface area (Å²) in [7, 11) is 1.46. The largest absolute Gasteiger partial charge is 0.469 e. The molecule has 0 saturated carbocycles. The van der Waals surface area contributed by atoms with Gasteiger partial charge in [0.15, 0.2) is 0 Å². The molecule has 0 aromatic rings. The number of carbonyl (C=O) groups excluding carboxylic acids is 1. The summed E-state index contributed by atoms with van der Waals surface area (Å²) in [5, 5.41) is 3.53. The van der Waals surface area contributed by atoms with Crippen molar-refractivity contribution in [1.82, 2.24) is 5.32 Å². The minimum atomic E-state index is -0.0740. The summed E-state index contributed by atoms with van der Waals surface area (Å²) in [6.45, 7) is 9.07. The number of hydrogen-bond acceptors (Lipinski definition) is 3. The van der Waals surface area contributed by atoms with Gasteiger partial charge in [-0.05, 0) is 31.3 Å². The molecule has 0 bridgehead atoms. The molecule has 0 heterocycles. The zero-order chi connectivity index (χ0) is 16.0. The third kappa shape index (κ3) is 17.4. The molecule has 0 aliphatic heterocycles. The summed E-state index contributed by atoms with van der Waals surface area (Å²) in [5.41, 5.74) is 0.397. The van der Waals surface area contributed by atoms with Gasteiger partial charge in [-0.25, -0.2) is 0 Å². The minimum absolute atomic E-state index is 0.0740. The lowest BCUT2D eigenvalue weighted by Gasteiger charge is -2.18. The van der Waals surface area contributed by atoms with Crippen LogP contribution in [0.4, 0.5) is 0 Å². The number of unbranched alkanes of at least 4 members (excludes halogenated alkanes) is 8. The molecule has 21 heavy (non-hydrogen) atoms. The highest BCUT2D eigenvalue weighted by molar-refractivity contribution is 5.68. The van der Waals surface area contributed by atoms with Gasteiger partial charge in [0, 0.05) is 6.42 Å². The van der Waals surface area contributed by atoms with Crippen LogP contribution in [0.15, 0.2) is 0 Å². The van der Waals surface area contributed by atoms with E-state index < -0.39 is 0 Å². The SMILES string of the molecule is COC(=O)CCCCCCCCCCCNCC(C)(C)C. The minimum Gasteiger partial charge on any atom is -0.469 e. The van der Waals surface area contributed by atoms with Gasteiger partial charge < -0.3 is 10.1 Å². The Morgan fingerprint density at radius 2 is 1.33 bits per heavy atom. The average molecular weight is 299 g/mol. The molecule has 0 rings (SSSR count). The fourth-order valence-corrected chi connectivity index (χ4v) is 2.32. The first-order valence-corrected chi connectivity index (χ1v) is 8.73. The van der Waals surface area contributed by atoms with Crippen LogP contribution in [0, 0.1) is 5.41 Å². The van der Waals surface area contributed by atoms with Crippen molar-refractivity contribution in [3.63, 3.8) is 0 Å². The molecule has 0 saturated heterocycles. The van der Waals surface area contributed by atoms with Crippen LogP contribution in [-0.4, -0.2) is 26.2 Å². The Morgan fingerprint density at radius 1 is 0.857 bits per heavy atom. The standard InChI is InChI=1S/C18H37NO2/c1-18(2,3)16-19-15-13-11-9-7-5-6-8-10-12-14-17(20)21-4/h19H,5-16H2,1-4H3. The zero-order valence-electron chi connectivity index (χ0n) is 14.8. The van der Waals surface area contributed by atoms with Crippen LogP contribution in [0.3, 0.4) is 0 Å². The van der Waals surface area contributed by atoms with Gasteiger partial charge in [-0.2, -0.15) is 0 Å². The van der Waals surface area contributed by atoms with Gasteiger partial charge in [0.05, 0.1) is 7.11 Å². The first-order valence-electron chi connectivity index (χ1n) is 8.73. The molecule has 0 fully saturated rings. The molecular weight excluding hydrogens is 262 g/mol. The fraction of sp³-hybridized carbons (Fsp3) is 0.944. The van der Waals surface area contributed by atoms with Crippen LogP contribution >= 0.6 is 0 Å². The van der Waals surface area contributed by atoms with Crippen molar-refractivity contribution in [2.45, 2.75) is 85.0 Å². The topological polar surface area (TPSA) is 38.3 Å². The van der Waals surface area contributed by atoms with Crippen LogP contribution in [0.5, 0.6) is 0 Å². The molecule has 0 spiro atoms. The second kappa shape index (κ2) is 13.1. The van der Waals surface area contributed by atoms with Crippen molar-refractivity contribution in [1.29, 1.82) is 0 Å². The van der Waals surface area contributed by atoms with E-state index in [1.807, 2.05) is 0 Å². The van der Waals surface area contributed by atoms with Gasteiger partial charge in [-0.3, -0.25) is 4.79 Å². The molecular formula is C18H37NO2. The van der Waals surface area contributed by atoms with E-state index in [4.69, 9.17) is 0 Å². The predicted octanol–water partition coefficient (Wildman–Crippen LogP) is 4.70. The number of nitrogens with one attached hydrogen (secondary N) is 1. The van der Waals surface area contributed by atoms with Gasteiger partial charge in [-0.15, -0.1) is 0 Å². The number of carbonyl (C=O) groups is 1. The van der Waals surface area contributed by atoms with E-state index in [0.717, 1.165) is 25.9 Å². The van der Waals surface area contributed by atoms with Crippen LogP contribution in [0.25, 0.3) is 0 Å². The lowest BCUT2D eigenvalue weighted by Crippen LogP contribution is -2.27. The van der Waals surface area contributed by atoms with Gasteiger partial charge in [0.1, 0.15) is 0 Å². The normalized spacial score (nSPS) is 11.6. The van der Waals surface area contributed by atoms with E-state index in [1.54, 1.807) is 0 Å². The molecule has 0 aromatic heterocycles. The van der Waals surface area contributed by atoms with E-state index in [1.165, 1.54) is 52.1 Å². The summed E-state index contributed by atoms with van der Waals surface area (Å²) in [4.78, 5) is 10.9. The van der Waals surface area contributed by atoms with E-state index in [2.05, 4.69) is 30.8 Å². The van der Waals surface area contributed by atoms with E-state index in [-0.39, 0.29) is 5.97 Å². The molecule has 0 unspecified atom stereocenters. The molecule has 3 heteroatoms. The number of esters is 1. The lowest BCUT2D eigenvalue weighted by atomic mass is 9.97. The third-order valence-corrected chi connectivity index (χ3v) is 3.62. The monoisotopic (exact) mass is 299 g/mol. The summed E-state index contributed by atoms with van der Waals surface area (Å²) in [6.07, 6.45) is 12.0. The first-order chi connectivity index (χ1) is 9.95. The Morgan fingerprint density at radius 3 is 1.81 bits per heavy atom. The van der Waals surface area contributed by atoms with E-state index in [9.17, 15) is 4.79 Å².